The molecule has 2 aromatic rings. The molecule has 19 heavy (non-hydrogen) atoms. The minimum Gasteiger partial charge on any atom is -0.251 e. The molecule has 0 aliphatic heterocycles. The highest BCUT2D eigenvalue weighted by Crippen LogP contribution is 2.26. The minimum atomic E-state index is -0.527. The third-order valence-corrected chi connectivity index (χ3v) is 3.07. The predicted octanol–water partition coefficient (Wildman–Crippen LogP) is 3.82. The summed E-state index contributed by atoms with van der Waals surface area (Å²) >= 11 is 0. The van der Waals surface area contributed by atoms with Crippen molar-refractivity contribution in [2.45, 2.75) is 19.1 Å². The number of hydrogen-bond acceptors (Lipinski definition) is 4. The molecule has 0 saturated carbocycles. The molecule has 2 unspecified atom stereocenters. The van der Waals surface area contributed by atoms with Crippen molar-refractivity contribution in [2.24, 2.45) is 0 Å². The predicted molar refractivity (Wildman–Crippen MR) is 70.6 cm³/mol. The summed E-state index contributed by atoms with van der Waals surface area (Å²) in [6.07, 6.45) is -0.917. The van der Waals surface area contributed by atoms with Crippen molar-refractivity contribution in [2.75, 3.05) is 0 Å². The van der Waals surface area contributed by atoms with Crippen molar-refractivity contribution in [3.63, 3.8) is 0 Å². The standard InChI is InChI=1S/C15H16O4/c1-11(18-16)12-7-9-14(10-8-12)15(19-17)13-5-3-2-4-6-13/h2-11,15-17H,1H3. The maximum absolute atomic E-state index is 9.09. The van der Waals surface area contributed by atoms with Gasteiger partial charge in [-0.1, -0.05) is 54.6 Å². The second kappa shape index (κ2) is 6.45. The van der Waals surface area contributed by atoms with Crippen LogP contribution in [-0.4, -0.2) is 10.5 Å². The summed E-state index contributed by atoms with van der Waals surface area (Å²) in [4.78, 5) is 8.84. The second-order valence-electron chi connectivity index (χ2n) is 4.31. The Bertz CT molecular complexity index is 495. The van der Waals surface area contributed by atoms with Crippen LogP contribution in [0.2, 0.25) is 0 Å². The van der Waals surface area contributed by atoms with Crippen LogP contribution in [0.15, 0.2) is 54.6 Å². The first-order valence-electron chi connectivity index (χ1n) is 6.01. The van der Waals surface area contributed by atoms with Gasteiger partial charge in [0, 0.05) is 0 Å². The Morgan fingerprint density at radius 3 is 1.79 bits per heavy atom. The van der Waals surface area contributed by atoms with E-state index in [1.54, 1.807) is 6.92 Å². The monoisotopic (exact) mass is 260 g/mol. The van der Waals surface area contributed by atoms with Crippen molar-refractivity contribution in [3.8, 4) is 0 Å². The van der Waals surface area contributed by atoms with Crippen LogP contribution in [0.5, 0.6) is 0 Å². The second-order valence-corrected chi connectivity index (χ2v) is 4.31. The van der Waals surface area contributed by atoms with E-state index < -0.39 is 6.10 Å². The van der Waals surface area contributed by atoms with Gasteiger partial charge >= 0.3 is 0 Å². The lowest BCUT2D eigenvalue weighted by atomic mass is 9.99. The first-order chi connectivity index (χ1) is 9.26. The Morgan fingerprint density at radius 1 is 0.737 bits per heavy atom. The lowest BCUT2D eigenvalue weighted by molar-refractivity contribution is -0.277. The highest BCUT2D eigenvalue weighted by atomic mass is 17.1. The quantitative estimate of drug-likeness (QED) is 0.634. The SMILES string of the molecule is CC(OO)c1ccc(C(OO)c2ccccc2)cc1. The smallest absolute Gasteiger partial charge is 0.143 e. The van der Waals surface area contributed by atoms with E-state index in [1.165, 1.54) is 0 Å². The lowest BCUT2D eigenvalue weighted by Gasteiger charge is -2.15. The van der Waals surface area contributed by atoms with Crippen LogP contribution in [0, 0.1) is 0 Å². The zero-order valence-electron chi connectivity index (χ0n) is 10.6. The summed E-state index contributed by atoms with van der Waals surface area (Å²) in [5, 5.41) is 17.7. The molecule has 0 fully saturated rings. The van der Waals surface area contributed by atoms with Crippen molar-refractivity contribution in [1.82, 2.24) is 0 Å². The largest absolute Gasteiger partial charge is 0.251 e. The van der Waals surface area contributed by atoms with Gasteiger partial charge in [0.05, 0.1) is 0 Å². The summed E-state index contributed by atoms with van der Waals surface area (Å²) in [6, 6.07) is 16.8. The van der Waals surface area contributed by atoms with Gasteiger partial charge in [-0.2, -0.15) is 0 Å². The molecule has 0 aliphatic rings. The average Bonchev–Trinajstić information content (AvgIpc) is 2.49. The minimum absolute atomic E-state index is 0.390. The Morgan fingerprint density at radius 2 is 1.26 bits per heavy atom. The molecular weight excluding hydrogens is 244 g/mol. The molecule has 2 N–H and O–H groups in total. The highest BCUT2D eigenvalue weighted by molar-refractivity contribution is 5.32. The van der Waals surface area contributed by atoms with Crippen molar-refractivity contribution in [3.05, 3.63) is 71.3 Å². The fraction of sp³-hybridized carbons (Fsp3) is 0.200. The molecule has 0 spiro atoms. The zero-order chi connectivity index (χ0) is 13.7. The van der Waals surface area contributed by atoms with Crippen LogP contribution in [0.25, 0.3) is 0 Å². The van der Waals surface area contributed by atoms with E-state index in [0.717, 1.165) is 16.7 Å². The van der Waals surface area contributed by atoms with Gasteiger partial charge in [-0.15, -0.1) is 0 Å². The van der Waals surface area contributed by atoms with Crippen LogP contribution >= 0.6 is 0 Å². The zero-order valence-corrected chi connectivity index (χ0v) is 10.6. The number of benzene rings is 2. The molecule has 2 rings (SSSR count). The first-order valence-corrected chi connectivity index (χ1v) is 6.01. The van der Waals surface area contributed by atoms with Crippen LogP contribution in [-0.2, 0) is 9.78 Å². The van der Waals surface area contributed by atoms with Crippen LogP contribution in [0.3, 0.4) is 0 Å². The van der Waals surface area contributed by atoms with E-state index in [0.29, 0.717) is 0 Å². The topological polar surface area (TPSA) is 58.9 Å². The summed E-state index contributed by atoms with van der Waals surface area (Å²) in [5.41, 5.74) is 2.53. The summed E-state index contributed by atoms with van der Waals surface area (Å²) in [6.45, 7) is 1.74. The van der Waals surface area contributed by atoms with Gasteiger partial charge in [0.1, 0.15) is 12.2 Å². The molecule has 0 aliphatic carbocycles. The van der Waals surface area contributed by atoms with Crippen molar-refractivity contribution in [1.29, 1.82) is 0 Å². The van der Waals surface area contributed by atoms with Gasteiger partial charge < -0.3 is 0 Å². The van der Waals surface area contributed by atoms with Gasteiger partial charge in [0.2, 0.25) is 0 Å². The third-order valence-electron chi connectivity index (χ3n) is 3.07. The molecule has 0 saturated heterocycles. The maximum Gasteiger partial charge on any atom is 0.143 e. The fourth-order valence-electron chi connectivity index (χ4n) is 1.94. The number of rotatable bonds is 5. The normalized spacial score (nSPS) is 14.1. The van der Waals surface area contributed by atoms with Crippen molar-refractivity contribution < 1.29 is 20.3 Å². The molecule has 0 bridgehead atoms. The van der Waals surface area contributed by atoms with E-state index in [2.05, 4.69) is 9.78 Å². The molecule has 4 nitrogen and oxygen atoms in total. The molecule has 2 atom stereocenters. The molecular formula is C15H16O4. The molecule has 0 aromatic heterocycles. The van der Waals surface area contributed by atoms with Gasteiger partial charge in [0.15, 0.2) is 0 Å². The van der Waals surface area contributed by atoms with E-state index in [4.69, 9.17) is 10.5 Å². The Balaban J connectivity index is 2.25. The Labute approximate surface area is 111 Å². The molecule has 0 radical (unpaired) electrons. The van der Waals surface area contributed by atoms with E-state index in [9.17, 15) is 0 Å². The molecule has 2 aromatic carbocycles. The number of hydrogen-bond donors (Lipinski definition) is 2. The molecule has 100 valence electrons. The molecule has 0 heterocycles. The van der Waals surface area contributed by atoms with Gasteiger partial charge in [0.25, 0.3) is 0 Å². The lowest BCUT2D eigenvalue weighted by Crippen LogP contribution is -2.04. The Kier molecular flexibility index (Phi) is 4.65. The van der Waals surface area contributed by atoms with Crippen LogP contribution < -0.4 is 0 Å². The van der Waals surface area contributed by atoms with Gasteiger partial charge in [-0.25, -0.2) is 9.78 Å². The van der Waals surface area contributed by atoms with E-state index in [1.807, 2.05) is 54.6 Å². The van der Waals surface area contributed by atoms with E-state index >= 15 is 0 Å². The Hall–Kier alpha value is -1.72. The maximum atomic E-state index is 9.09. The third kappa shape index (κ3) is 3.19. The van der Waals surface area contributed by atoms with Crippen LogP contribution in [0.4, 0.5) is 0 Å². The van der Waals surface area contributed by atoms with Crippen molar-refractivity contribution >= 4 is 0 Å². The average molecular weight is 260 g/mol. The summed E-state index contributed by atoms with van der Waals surface area (Å²) in [7, 11) is 0. The van der Waals surface area contributed by atoms with Crippen LogP contribution in [0.1, 0.15) is 35.8 Å². The molecule has 0 amide bonds. The van der Waals surface area contributed by atoms with Gasteiger partial charge in [-0.3, -0.25) is 10.5 Å². The van der Waals surface area contributed by atoms with E-state index in [-0.39, 0.29) is 6.10 Å². The summed E-state index contributed by atoms with van der Waals surface area (Å²) in [5.74, 6) is 0. The van der Waals surface area contributed by atoms with Gasteiger partial charge in [-0.05, 0) is 23.6 Å². The highest BCUT2D eigenvalue weighted by Gasteiger charge is 2.15. The fourth-order valence-corrected chi connectivity index (χ4v) is 1.94. The first kappa shape index (κ1) is 13.7. The molecule has 4 heteroatoms. The summed E-state index contributed by atoms with van der Waals surface area (Å²) < 4.78 is 0.